The second kappa shape index (κ2) is 5.86. The maximum absolute atomic E-state index is 10.7. The zero-order chi connectivity index (χ0) is 12.1. The minimum absolute atomic E-state index is 0.103. The van der Waals surface area contributed by atoms with E-state index in [1.165, 1.54) is 0 Å². The fourth-order valence-electron chi connectivity index (χ4n) is 1.13. The van der Waals surface area contributed by atoms with Crippen molar-refractivity contribution in [3.63, 3.8) is 0 Å². The number of carboxylic acid groups (broad SMARTS) is 1. The van der Waals surface area contributed by atoms with Crippen molar-refractivity contribution in [1.29, 1.82) is 0 Å². The van der Waals surface area contributed by atoms with Crippen LogP contribution >= 0.6 is 15.9 Å². The van der Waals surface area contributed by atoms with E-state index in [-0.39, 0.29) is 11.7 Å². The molecule has 0 radical (unpaired) electrons. The number of benzene rings is 1. The highest BCUT2D eigenvalue weighted by Crippen LogP contribution is 2.23. The van der Waals surface area contributed by atoms with E-state index in [0.717, 1.165) is 10.2 Å². The molecule has 0 aliphatic rings. The Kier molecular flexibility index (Phi) is 4.76. The molecule has 0 aliphatic heterocycles. The van der Waals surface area contributed by atoms with Crippen molar-refractivity contribution < 1.29 is 14.6 Å². The number of aromatic carboxylic acids is 1. The SMILES string of the molecule is COC(C)CNc1ccc(C(=O)O)cc1Br. The summed E-state index contributed by atoms with van der Waals surface area (Å²) in [6.45, 7) is 2.62. The summed E-state index contributed by atoms with van der Waals surface area (Å²) in [6, 6.07) is 4.87. The molecule has 2 N–H and O–H groups in total. The fraction of sp³-hybridized carbons (Fsp3) is 0.364. The molecule has 0 spiro atoms. The molecule has 1 aromatic carbocycles. The molecular weight excluding hydrogens is 274 g/mol. The number of nitrogens with one attached hydrogen (secondary N) is 1. The van der Waals surface area contributed by atoms with E-state index in [2.05, 4.69) is 21.2 Å². The molecule has 0 bridgehead atoms. The van der Waals surface area contributed by atoms with Crippen molar-refractivity contribution in [2.24, 2.45) is 0 Å². The molecule has 0 aliphatic carbocycles. The molecule has 0 amide bonds. The number of ether oxygens (including phenoxy) is 1. The first-order valence-electron chi connectivity index (χ1n) is 4.84. The van der Waals surface area contributed by atoms with E-state index in [4.69, 9.17) is 9.84 Å². The van der Waals surface area contributed by atoms with Gasteiger partial charge in [0.1, 0.15) is 0 Å². The molecular formula is C11H14BrNO3. The topological polar surface area (TPSA) is 58.6 Å². The number of methoxy groups -OCH3 is 1. The molecule has 5 heteroatoms. The Hall–Kier alpha value is -1.07. The van der Waals surface area contributed by atoms with Crippen LogP contribution in [0.3, 0.4) is 0 Å². The Labute approximate surface area is 103 Å². The number of anilines is 1. The largest absolute Gasteiger partial charge is 0.478 e. The first-order valence-corrected chi connectivity index (χ1v) is 5.63. The monoisotopic (exact) mass is 287 g/mol. The summed E-state index contributed by atoms with van der Waals surface area (Å²) in [4.78, 5) is 10.7. The van der Waals surface area contributed by atoms with Gasteiger partial charge < -0.3 is 15.2 Å². The molecule has 1 rings (SSSR count). The minimum Gasteiger partial charge on any atom is -0.478 e. The van der Waals surface area contributed by atoms with Crippen LogP contribution in [0.4, 0.5) is 5.69 Å². The molecule has 0 fully saturated rings. The van der Waals surface area contributed by atoms with Crippen LogP contribution in [0.15, 0.2) is 22.7 Å². The first-order chi connectivity index (χ1) is 7.54. The van der Waals surface area contributed by atoms with E-state index in [0.29, 0.717) is 6.54 Å². The van der Waals surface area contributed by atoms with E-state index in [9.17, 15) is 4.79 Å². The zero-order valence-electron chi connectivity index (χ0n) is 9.16. The molecule has 1 atom stereocenters. The highest BCUT2D eigenvalue weighted by atomic mass is 79.9. The van der Waals surface area contributed by atoms with Crippen LogP contribution in [-0.4, -0.2) is 30.8 Å². The number of carboxylic acids is 1. The zero-order valence-corrected chi connectivity index (χ0v) is 10.7. The molecule has 0 saturated carbocycles. The maximum atomic E-state index is 10.7. The van der Waals surface area contributed by atoms with Gasteiger partial charge in [0.25, 0.3) is 0 Å². The van der Waals surface area contributed by atoms with Gasteiger partial charge in [-0.3, -0.25) is 0 Å². The van der Waals surface area contributed by atoms with Crippen LogP contribution in [0.25, 0.3) is 0 Å². The highest BCUT2D eigenvalue weighted by molar-refractivity contribution is 9.10. The van der Waals surface area contributed by atoms with Crippen LogP contribution in [0, 0.1) is 0 Å². The van der Waals surface area contributed by atoms with Crippen molar-refractivity contribution in [3.05, 3.63) is 28.2 Å². The van der Waals surface area contributed by atoms with Crippen LogP contribution in [0.5, 0.6) is 0 Å². The minimum atomic E-state index is -0.933. The third kappa shape index (κ3) is 3.50. The number of halogens is 1. The molecule has 16 heavy (non-hydrogen) atoms. The van der Waals surface area contributed by atoms with Gasteiger partial charge in [0.2, 0.25) is 0 Å². The third-order valence-corrected chi connectivity index (χ3v) is 2.85. The van der Waals surface area contributed by atoms with Crippen LogP contribution in [-0.2, 0) is 4.74 Å². The molecule has 88 valence electrons. The van der Waals surface area contributed by atoms with Crippen molar-refractivity contribution in [2.45, 2.75) is 13.0 Å². The van der Waals surface area contributed by atoms with Gasteiger partial charge in [-0.2, -0.15) is 0 Å². The van der Waals surface area contributed by atoms with Crippen LogP contribution in [0.2, 0.25) is 0 Å². The second-order valence-electron chi connectivity index (χ2n) is 3.43. The molecule has 1 aromatic rings. The Morgan fingerprint density at radius 2 is 2.31 bits per heavy atom. The smallest absolute Gasteiger partial charge is 0.335 e. The van der Waals surface area contributed by atoms with Gasteiger partial charge in [0.05, 0.1) is 11.7 Å². The predicted octanol–water partition coefficient (Wildman–Crippen LogP) is 2.59. The van der Waals surface area contributed by atoms with Gasteiger partial charge in [-0.15, -0.1) is 0 Å². The summed E-state index contributed by atoms with van der Waals surface area (Å²) >= 11 is 3.32. The summed E-state index contributed by atoms with van der Waals surface area (Å²) in [5, 5.41) is 12.0. The molecule has 0 aromatic heterocycles. The van der Waals surface area contributed by atoms with Gasteiger partial charge in [-0.05, 0) is 41.1 Å². The lowest BCUT2D eigenvalue weighted by Gasteiger charge is -2.13. The summed E-state index contributed by atoms with van der Waals surface area (Å²) < 4.78 is 5.83. The quantitative estimate of drug-likeness (QED) is 0.874. The fourth-order valence-corrected chi connectivity index (χ4v) is 1.65. The molecule has 0 heterocycles. The lowest BCUT2D eigenvalue weighted by Crippen LogP contribution is -2.18. The lowest BCUT2D eigenvalue weighted by atomic mass is 10.2. The lowest BCUT2D eigenvalue weighted by molar-refractivity contribution is 0.0697. The highest BCUT2D eigenvalue weighted by Gasteiger charge is 2.07. The average Bonchev–Trinajstić information content (AvgIpc) is 2.26. The van der Waals surface area contributed by atoms with Gasteiger partial charge in [-0.1, -0.05) is 0 Å². The van der Waals surface area contributed by atoms with E-state index >= 15 is 0 Å². The number of carbonyl (C=O) groups is 1. The number of hydrogen-bond donors (Lipinski definition) is 2. The van der Waals surface area contributed by atoms with Crippen LogP contribution in [0.1, 0.15) is 17.3 Å². The summed E-state index contributed by atoms with van der Waals surface area (Å²) in [6.07, 6.45) is 0.103. The maximum Gasteiger partial charge on any atom is 0.335 e. The van der Waals surface area contributed by atoms with E-state index in [1.54, 1.807) is 25.3 Å². The standard InChI is InChI=1S/C11H14BrNO3/c1-7(16-2)6-13-10-4-3-8(11(14)15)5-9(10)12/h3-5,7,13H,6H2,1-2H3,(H,14,15). The molecule has 4 nitrogen and oxygen atoms in total. The average molecular weight is 288 g/mol. The van der Waals surface area contributed by atoms with Gasteiger partial charge in [-0.25, -0.2) is 4.79 Å². The summed E-state index contributed by atoms with van der Waals surface area (Å²) in [7, 11) is 1.65. The Bertz CT molecular complexity index is 381. The third-order valence-electron chi connectivity index (χ3n) is 2.20. The van der Waals surface area contributed by atoms with Crippen molar-refractivity contribution in [3.8, 4) is 0 Å². The Morgan fingerprint density at radius 1 is 1.62 bits per heavy atom. The van der Waals surface area contributed by atoms with E-state index in [1.807, 2.05) is 6.92 Å². The summed E-state index contributed by atoms with van der Waals surface area (Å²) in [5.74, 6) is -0.933. The van der Waals surface area contributed by atoms with Crippen molar-refractivity contribution >= 4 is 27.6 Å². The number of rotatable bonds is 5. The number of hydrogen-bond acceptors (Lipinski definition) is 3. The molecule has 1 unspecified atom stereocenters. The van der Waals surface area contributed by atoms with E-state index < -0.39 is 5.97 Å². The van der Waals surface area contributed by atoms with Gasteiger partial charge in [0.15, 0.2) is 0 Å². The van der Waals surface area contributed by atoms with Crippen LogP contribution < -0.4 is 5.32 Å². The Balaban J connectivity index is 2.72. The molecule has 0 saturated heterocycles. The van der Waals surface area contributed by atoms with Gasteiger partial charge in [0, 0.05) is 23.8 Å². The second-order valence-corrected chi connectivity index (χ2v) is 4.28. The van der Waals surface area contributed by atoms with Gasteiger partial charge >= 0.3 is 5.97 Å². The first kappa shape index (κ1) is 13.0. The predicted molar refractivity (Wildman–Crippen MR) is 66.1 cm³/mol. The van der Waals surface area contributed by atoms with Crippen molar-refractivity contribution in [2.75, 3.05) is 19.0 Å². The summed E-state index contributed by atoms with van der Waals surface area (Å²) in [5.41, 5.74) is 1.12. The normalized spacial score (nSPS) is 12.2. The Morgan fingerprint density at radius 3 is 2.81 bits per heavy atom. The van der Waals surface area contributed by atoms with Crippen molar-refractivity contribution in [1.82, 2.24) is 0 Å².